The van der Waals surface area contributed by atoms with Gasteiger partial charge in [-0.1, -0.05) is 0 Å². The second kappa shape index (κ2) is 6.03. The Morgan fingerprint density at radius 1 is 1.52 bits per heavy atom. The van der Waals surface area contributed by atoms with E-state index in [0.29, 0.717) is 18.9 Å². The number of amides is 1. The lowest BCUT2D eigenvalue weighted by atomic mass is 10.0. The maximum absolute atomic E-state index is 11.9. The molecule has 2 atom stereocenters. The van der Waals surface area contributed by atoms with Gasteiger partial charge < -0.3 is 24.3 Å². The van der Waals surface area contributed by atoms with Gasteiger partial charge in [-0.15, -0.1) is 0 Å². The van der Waals surface area contributed by atoms with Crippen molar-refractivity contribution in [2.24, 2.45) is 0 Å². The van der Waals surface area contributed by atoms with Gasteiger partial charge >= 0.3 is 6.09 Å². The van der Waals surface area contributed by atoms with Crippen LogP contribution in [0.15, 0.2) is 18.5 Å². The van der Waals surface area contributed by atoms with Crippen molar-refractivity contribution < 1.29 is 14.6 Å². The predicted octanol–water partition coefficient (Wildman–Crippen LogP) is 2.37. The van der Waals surface area contributed by atoms with Crippen LogP contribution in [-0.4, -0.2) is 55.8 Å². The molecule has 1 amide bonds. The number of aliphatic hydroxyl groups excluding tert-OH is 1. The lowest BCUT2D eigenvalue weighted by molar-refractivity contribution is 0.101. The normalized spacial score (nSPS) is 19.5. The number of hydrogen-bond acceptors (Lipinski definition) is 5. The highest BCUT2D eigenvalue weighted by molar-refractivity contribution is 6.01. The number of hydrogen-bond donors (Lipinski definition) is 2. The number of aromatic nitrogens is 4. The lowest BCUT2D eigenvalue weighted by Gasteiger charge is -2.33. The Balaban J connectivity index is 1.88. The quantitative estimate of drug-likeness (QED) is 0.745. The minimum Gasteiger partial charge on any atom is -0.453 e. The summed E-state index contributed by atoms with van der Waals surface area (Å²) in [5.41, 5.74) is 2.48. The number of carbonyl (C=O) groups excluding carboxylic acids is 1. The molecule has 4 heterocycles. The van der Waals surface area contributed by atoms with E-state index in [1.54, 1.807) is 18.0 Å². The number of aromatic amines is 1. The highest BCUT2D eigenvalue weighted by atomic mass is 16.5. The van der Waals surface area contributed by atoms with Crippen molar-refractivity contribution in [1.29, 1.82) is 0 Å². The van der Waals surface area contributed by atoms with Crippen molar-refractivity contribution in [3.05, 3.63) is 24.3 Å². The Kier molecular flexibility index (Phi) is 3.84. The molecule has 8 nitrogen and oxygen atoms in total. The Hall–Kier alpha value is -2.61. The number of nitrogens with one attached hydrogen (secondary N) is 1. The maximum Gasteiger partial charge on any atom is 0.409 e. The molecule has 3 aromatic heterocycles. The molecular weight excluding hydrogens is 322 g/mol. The molecule has 0 radical (unpaired) electrons. The minimum atomic E-state index is -0.713. The van der Waals surface area contributed by atoms with Gasteiger partial charge in [-0.2, -0.15) is 0 Å². The van der Waals surface area contributed by atoms with Crippen LogP contribution in [0.25, 0.3) is 22.1 Å². The maximum atomic E-state index is 11.9. The second-order valence-corrected chi connectivity index (χ2v) is 6.46. The van der Waals surface area contributed by atoms with Crippen LogP contribution in [0, 0.1) is 0 Å². The molecule has 1 fully saturated rings. The van der Waals surface area contributed by atoms with Gasteiger partial charge in [-0.3, -0.25) is 0 Å². The Bertz CT molecular complexity index is 929. The van der Waals surface area contributed by atoms with Crippen LogP contribution in [0.1, 0.15) is 37.7 Å². The Morgan fingerprint density at radius 3 is 3.12 bits per heavy atom. The zero-order chi connectivity index (χ0) is 17.6. The Morgan fingerprint density at radius 2 is 2.36 bits per heavy atom. The molecule has 0 bridgehead atoms. The van der Waals surface area contributed by atoms with Crippen molar-refractivity contribution >= 4 is 28.2 Å². The van der Waals surface area contributed by atoms with Gasteiger partial charge in [0, 0.05) is 24.7 Å². The molecule has 2 unspecified atom stereocenters. The number of nitrogens with zero attached hydrogens (tertiary/aromatic N) is 4. The van der Waals surface area contributed by atoms with Crippen LogP contribution in [0.2, 0.25) is 0 Å². The van der Waals surface area contributed by atoms with Gasteiger partial charge in [0.2, 0.25) is 0 Å². The van der Waals surface area contributed by atoms with Crippen molar-refractivity contribution in [3.63, 3.8) is 0 Å². The Labute approximate surface area is 144 Å². The van der Waals surface area contributed by atoms with E-state index in [1.807, 2.05) is 12.3 Å². The van der Waals surface area contributed by atoms with E-state index >= 15 is 0 Å². The third-order valence-electron chi connectivity index (χ3n) is 4.83. The third-order valence-corrected chi connectivity index (χ3v) is 4.83. The van der Waals surface area contributed by atoms with E-state index in [4.69, 9.17) is 4.74 Å². The molecule has 0 saturated carbocycles. The molecule has 3 aromatic rings. The van der Waals surface area contributed by atoms with E-state index in [1.165, 1.54) is 7.11 Å². The average Bonchev–Trinajstić information content (AvgIpc) is 3.24. The molecule has 25 heavy (non-hydrogen) atoms. The molecular formula is C17H21N5O3. The van der Waals surface area contributed by atoms with Gasteiger partial charge in [0.1, 0.15) is 23.1 Å². The van der Waals surface area contributed by atoms with Crippen LogP contribution >= 0.6 is 0 Å². The highest BCUT2D eigenvalue weighted by Crippen LogP contribution is 2.33. The van der Waals surface area contributed by atoms with Crippen LogP contribution < -0.4 is 0 Å². The average molecular weight is 343 g/mol. The number of aliphatic hydroxyl groups is 1. The van der Waals surface area contributed by atoms with E-state index in [2.05, 4.69) is 19.5 Å². The number of imidazole rings is 1. The molecule has 1 aliphatic rings. The van der Waals surface area contributed by atoms with Gasteiger partial charge in [-0.25, -0.2) is 14.8 Å². The van der Waals surface area contributed by atoms with Crippen molar-refractivity contribution in [3.8, 4) is 0 Å². The summed E-state index contributed by atoms with van der Waals surface area (Å²) in [4.78, 5) is 25.8. The SMILES string of the molecule is COC(=O)N1CCCC(n2c(C(C)O)nc3cnc4[nH]ccc4c32)C1. The summed E-state index contributed by atoms with van der Waals surface area (Å²) in [6.07, 6.45) is 4.32. The second-order valence-electron chi connectivity index (χ2n) is 6.46. The largest absolute Gasteiger partial charge is 0.453 e. The first-order valence-corrected chi connectivity index (χ1v) is 8.45. The van der Waals surface area contributed by atoms with Crippen LogP contribution in [0.3, 0.4) is 0 Å². The summed E-state index contributed by atoms with van der Waals surface area (Å²) in [6, 6.07) is 2.00. The fourth-order valence-corrected chi connectivity index (χ4v) is 3.73. The van der Waals surface area contributed by atoms with Crippen LogP contribution in [0.4, 0.5) is 4.79 Å². The molecule has 132 valence electrons. The number of piperidine rings is 1. The number of carbonyl (C=O) groups is 1. The van der Waals surface area contributed by atoms with Crippen LogP contribution in [0.5, 0.6) is 0 Å². The predicted molar refractivity (Wildman–Crippen MR) is 92.3 cm³/mol. The van der Waals surface area contributed by atoms with Gasteiger partial charge in [-0.05, 0) is 25.8 Å². The summed E-state index contributed by atoms with van der Waals surface area (Å²) in [7, 11) is 1.40. The molecule has 0 aliphatic carbocycles. The van der Waals surface area contributed by atoms with E-state index < -0.39 is 6.10 Å². The standard InChI is InChI=1S/C17H21N5O3/c1-10(23)16-20-13-8-19-15-12(5-6-18-15)14(13)22(16)11-4-3-7-21(9-11)17(24)25-2/h5-6,8,10-11,23H,3-4,7,9H2,1-2H3,(H,18,19). The number of H-pyrrole nitrogens is 1. The van der Waals surface area contributed by atoms with Gasteiger partial charge in [0.25, 0.3) is 0 Å². The zero-order valence-corrected chi connectivity index (χ0v) is 14.3. The van der Waals surface area contributed by atoms with Gasteiger partial charge in [0.05, 0.1) is 24.9 Å². The first-order valence-electron chi connectivity index (χ1n) is 8.45. The first-order chi connectivity index (χ1) is 12.1. The monoisotopic (exact) mass is 343 g/mol. The third kappa shape index (κ3) is 2.53. The van der Waals surface area contributed by atoms with Crippen molar-refractivity contribution in [2.75, 3.05) is 20.2 Å². The number of methoxy groups -OCH3 is 1. The molecule has 1 saturated heterocycles. The number of likely N-dealkylation sites (tertiary alicyclic amines) is 1. The summed E-state index contributed by atoms with van der Waals surface area (Å²) >= 11 is 0. The lowest BCUT2D eigenvalue weighted by Crippen LogP contribution is -2.41. The van der Waals surface area contributed by atoms with Crippen molar-refractivity contribution in [1.82, 2.24) is 24.4 Å². The smallest absolute Gasteiger partial charge is 0.409 e. The number of fused-ring (bicyclic) bond motifs is 3. The number of ether oxygens (including phenoxy) is 1. The molecule has 2 N–H and O–H groups in total. The summed E-state index contributed by atoms with van der Waals surface area (Å²) in [5, 5.41) is 11.2. The molecule has 1 aliphatic heterocycles. The fourth-order valence-electron chi connectivity index (χ4n) is 3.73. The first kappa shape index (κ1) is 15.9. The molecule has 0 aromatic carbocycles. The fraction of sp³-hybridized carbons (Fsp3) is 0.471. The summed E-state index contributed by atoms with van der Waals surface area (Å²) in [6.45, 7) is 2.92. The van der Waals surface area contributed by atoms with E-state index in [0.717, 1.165) is 34.9 Å². The van der Waals surface area contributed by atoms with Crippen LogP contribution in [-0.2, 0) is 4.74 Å². The van der Waals surface area contributed by atoms with Gasteiger partial charge in [0.15, 0.2) is 0 Å². The number of rotatable bonds is 2. The molecule has 4 rings (SSSR count). The topological polar surface area (TPSA) is 96.3 Å². The van der Waals surface area contributed by atoms with E-state index in [9.17, 15) is 9.90 Å². The molecule has 8 heteroatoms. The molecule has 0 spiro atoms. The van der Waals surface area contributed by atoms with E-state index in [-0.39, 0.29) is 12.1 Å². The number of pyridine rings is 1. The van der Waals surface area contributed by atoms with Crippen molar-refractivity contribution in [2.45, 2.75) is 31.9 Å². The summed E-state index contributed by atoms with van der Waals surface area (Å²) < 4.78 is 6.95. The zero-order valence-electron chi connectivity index (χ0n) is 14.3. The minimum absolute atomic E-state index is 0.0305. The summed E-state index contributed by atoms with van der Waals surface area (Å²) in [5.74, 6) is 0.599. The highest BCUT2D eigenvalue weighted by Gasteiger charge is 2.30.